The van der Waals surface area contributed by atoms with Gasteiger partial charge in [0, 0.05) is 25.2 Å². The number of aliphatic hydroxyl groups excluding tert-OH is 2. The van der Waals surface area contributed by atoms with E-state index in [1.165, 1.54) is 0 Å². The van der Waals surface area contributed by atoms with E-state index in [0.717, 1.165) is 25.9 Å². The van der Waals surface area contributed by atoms with Gasteiger partial charge >= 0.3 is 0 Å². The molecule has 0 unspecified atom stereocenters. The van der Waals surface area contributed by atoms with Crippen molar-refractivity contribution in [3.63, 3.8) is 0 Å². The van der Waals surface area contributed by atoms with Gasteiger partial charge in [0.2, 0.25) is 0 Å². The molecule has 6 heteroatoms. The van der Waals surface area contributed by atoms with Crippen LogP contribution >= 0.6 is 24.8 Å². The van der Waals surface area contributed by atoms with Crippen LogP contribution in [0, 0.1) is 0 Å². The molecule has 0 aliphatic rings. The van der Waals surface area contributed by atoms with Crippen LogP contribution in [-0.4, -0.2) is 48.6 Å². The van der Waals surface area contributed by atoms with Gasteiger partial charge in [0.25, 0.3) is 0 Å². The Labute approximate surface area is 111 Å². The first-order valence-corrected chi connectivity index (χ1v) is 5.46. The van der Waals surface area contributed by atoms with Crippen LogP contribution in [0.2, 0.25) is 0 Å². The van der Waals surface area contributed by atoms with Gasteiger partial charge in [-0.15, -0.1) is 24.8 Å². The van der Waals surface area contributed by atoms with Gasteiger partial charge in [-0.05, 0) is 12.8 Å². The number of rotatable bonds is 9. The van der Waals surface area contributed by atoms with Crippen LogP contribution < -0.4 is 10.6 Å². The third kappa shape index (κ3) is 10.9. The van der Waals surface area contributed by atoms with Crippen molar-refractivity contribution in [2.75, 3.05) is 26.3 Å². The number of hydrogen-bond donors (Lipinski definition) is 4. The lowest BCUT2D eigenvalue weighted by molar-refractivity contribution is 0.229. The van der Waals surface area contributed by atoms with Gasteiger partial charge < -0.3 is 20.8 Å². The highest BCUT2D eigenvalue weighted by Crippen LogP contribution is 1.89. The highest BCUT2D eigenvalue weighted by Gasteiger charge is 2.04. The van der Waals surface area contributed by atoms with Gasteiger partial charge in [-0.1, -0.05) is 13.8 Å². The first-order chi connectivity index (χ1) is 6.78. The number of nitrogens with one attached hydrogen (secondary N) is 2. The van der Waals surface area contributed by atoms with Crippen LogP contribution in [0.25, 0.3) is 0 Å². The molecule has 0 heterocycles. The maximum absolute atomic E-state index is 8.90. The van der Waals surface area contributed by atoms with Crippen molar-refractivity contribution in [1.82, 2.24) is 10.6 Å². The third-order valence-corrected chi connectivity index (χ3v) is 2.42. The van der Waals surface area contributed by atoms with E-state index in [1.54, 1.807) is 0 Å². The summed E-state index contributed by atoms with van der Waals surface area (Å²) in [5, 5.41) is 24.3. The first kappa shape index (κ1) is 21.7. The molecular formula is C10H26Cl2N2O2. The summed E-state index contributed by atoms with van der Waals surface area (Å²) in [5.41, 5.74) is 0. The largest absolute Gasteiger partial charge is 0.395 e. The van der Waals surface area contributed by atoms with E-state index in [2.05, 4.69) is 10.6 Å². The second kappa shape index (κ2) is 15.4. The molecule has 2 atom stereocenters. The van der Waals surface area contributed by atoms with Crippen molar-refractivity contribution in [3.05, 3.63) is 0 Å². The molecule has 0 aromatic heterocycles. The molecule has 0 aliphatic heterocycles. The molecule has 0 saturated heterocycles. The zero-order valence-corrected chi connectivity index (χ0v) is 11.7. The Morgan fingerprint density at radius 1 is 0.812 bits per heavy atom. The van der Waals surface area contributed by atoms with Gasteiger partial charge in [0.1, 0.15) is 0 Å². The predicted octanol–water partition coefficient (Wildman–Crippen LogP) is 0.551. The average molecular weight is 277 g/mol. The minimum absolute atomic E-state index is 0. The maximum Gasteiger partial charge on any atom is 0.0584 e. The molecule has 0 bridgehead atoms. The molecule has 16 heavy (non-hydrogen) atoms. The fourth-order valence-electron chi connectivity index (χ4n) is 1.23. The number of aliphatic hydroxyl groups is 2. The number of halogens is 2. The van der Waals surface area contributed by atoms with Gasteiger partial charge in [-0.25, -0.2) is 0 Å². The van der Waals surface area contributed by atoms with Crippen molar-refractivity contribution in [3.8, 4) is 0 Å². The molecule has 0 radical (unpaired) electrons. The summed E-state index contributed by atoms with van der Waals surface area (Å²) in [6.45, 7) is 6.13. The summed E-state index contributed by atoms with van der Waals surface area (Å²) < 4.78 is 0. The van der Waals surface area contributed by atoms with Crippen LogP contribution in [0.4, 0.5) is 0 Å². The normalized spacial score (nSPS) is 13.5. The topological polar surface area (TPSA) is 64.5 Å². The number of hydrogen-bond acceptors (Lipinski definition) is 4. The molecule has 0 aromatic rings. The van der Waals surface area contributed by atoms with E-state index < -0.39 is 0 Å². The predicted molar refractivity (Wildman–Crippen MR) is 72.8 cm³/mol. The molecular weight excluding hydrogens is 251 g/mol. The molecule has 4 N–H and O–H groups in total. The molecule has 0 aliphatic carbocycles. The monoisotopic (exact) mass is 276 g/mol. The molecule has 0 aromatic carbocycles. The van der Waals surface area contributed by atoms with Gasteiger partial charge in [-0.3, -0.25) is 0 Å². The SMILES string of the molecule is CC[C@H](CO)NCCN[C@@H](CC)CO.Cl.Cl. The standard InChI is InChI=1S/C10H24N2O2.2ClH/c1-3-9(7-13)11-5-6-12-10(4-2)8-14;;/h9-14H,3-8H2,1-2H3;2*1H/t9-,10+;;. The molecule has 4 nitrogen and oxygen atoms in total. The highest BCUT2D eigenvalue weighted by molar-refractivity contribution is 5.85. The molecule has 0 amide bonds. The third-order valence-electron chi connectivity index (χ3n) is 2.42. The van der Waals surface area contributed by atoms with Crippen LogP contribution in [0.5, 0.6) is 0 Å². The second-order valence-electron chi connectivity index (χ2n) is 3.48. The summed E-state index contributed by atoms with van der Waals surface area (Å²) in [5.74, 6) is 0. The van der Waals surface area contributed by atoms with E-state index in [1.807, 2.05) is 13.8 Å². The minimum atomic E-state index is 0. The Balaban J connectivity index is -0.000000845. The van der Waals surface area contributed by atoms with Gasteiger partial charge in [-0.2, -0.15) is 0 Å². The summed E-state index contributed by atoms with van der Waals surface area (Å²) in [4.78, 5) is 0. The smallest absolute Gasteiger partial charge is 0.0584 e. The van der Waals surface area contributed by atoms with Gasteiger partial charge in [0.15, 0.2) is 0 Å². The van der Waals surface area contributed by atoms with Crippen molar-refractivity contribution in [2.45, 2.75) is 38.8 Å². The molecule has 0 spiro atoms. The van der Waals surface area contributed by atoms with E-state index in [0.29, 0.717) is 0 Å². The summed E-state index contributed by atoms with van der Waals surface area (Å²) in [6.07, 6.45) is 1.88. The Morgan fingerprint density at radius 2 is 1.12 bits per heavy atom. The van der Waals surface area contributed by atoms with E-state index in [9.17, 15) is 0 Å². The van der Waals surface area contributed by atoms with Crippen LogP contribution in [0.15, 0.2) is 0 Å². The Hall–Kier alpha value is 0.420. The first-order valence-electron chi connectivity index (χ1n) is 5.46. The van der Waals surface area contributed by atoms with E-state index in [-0.39, 0.29) is 50.1 Å². The molecule has 0 fully saturated rings. The highest BCUT2D eigenvalue weighted by atomic mass is 35.5. The van der Waals surface area contributed by atoms with Crippen molar-refractivity contribution in [1.29, 1.82) is 0 Å². The fraction of sp³-hybridized carbons (Fsp3) is 1.00. The maximum atomic E-state index is 8.90. The van der Waals surface area contributed by atoms with Gasteiger partial charge in [0.05, 0.1) is 13.2 Å². The quantitative estimate of drug-likeness (QED) is 0.465. The summed E-state index contributed by atoms with van der Waals surface area (Å²) >= 11 is 0. The minimum Gasteiger partial charge on any atom is -0.395 e. The fourth-order valence-corrected chi connectivity index (χ4v) is 1.23. The lowest BCUT2D eigenvalue weighted by Crippen LogP contribution is -2.40. The zero-order valence-electron chi connectivity index (χ0n) is 10.1. The Kier molecular flexibility index (Phi) is 20.9. The molecule has 102 valence electrons. The molecule has 0 rings (SSSR count). The zero-order chi connectivity index (χ0) is 10.8. The van der Waals surface area contributed by atoms with E-state index >= 15 is 0 Å². The van der Waals surface area contributed by atoms with Crippen LogP contribution in [0.3, 0.4) is 0 Å². The van der Waals surface area contributed by atoms with Crippen LogP contribution in [0.1, 0.15) is 26.7 Å². The Morgan fingerprint density at radius 3 is 1.31 bits per heavy atom. The lowest BCUT2D eigenvalue weighted by Gasteiger charge is -2.17. The Bertz CT molecular complexity index is 109. The average Bonchev–Trinajstić information content (AvgIpc) is 2.24. The summed E-state index contributed by atoms with van der Waals surface area (Å²) in [7, 11) is 0. The van der Waals surface area contributed by atoms with Crippen LogP contribution in [-0.2, 0) is 0 Å². The summed E-state index contributed by atoms with van der Waals surface area (Å²) in [6, 6.07) is 0.400. The van der Waals surface area contributed by atoms with Crippen molar-refractivity contribution < 1.29 is 10.2 Å². The lowest BCUT2D eigenvalue weighted by atomic mass is 10.2. The van der Waals surface area contributed by atoms with E-state index in [4.69, 9.17) is 10.2 Å². The molecule has 0 saturated carbocycles. The second-order valence-corrected chi connectivity index (χ2v) is 3.48. The van der Waals surface area contributed by atoms with Crippen molar-refractivity contribution in [2.24, 2.45) is 0 Å². The van der Waals surface area contributed by atoms with Crippen molar-refractivity contribution >= 4 is 24.8 Å².